The molecule has 1 atom stereocenters. The molecule has 4 rings (SSSR count). The molecule has 7 heteroatoms. The summed E-state index contributed by atoms with van der Waals surface area (Å²) in [6.45, 7) is 4.84. The first-order chi connectivity index (χ1) is 13.6. The third-order valence-corrected chi connectivity index (χ3v) is 5.09. The van der Waals surface area contributed by atoms with E-state index in [4.69, 9.17) is 0 Å². The zero-order valence-electron chi connectivity index (χ0n) is 15.8. The van der Waals surface area contributed by atoms with E-state index >= 15 is 0 Å². The van der Waals surface area contributed by atoms with Crippen LogP contribution >= 0.6 is 0 Å². The van der Waals surface area contributed by atoms with Crippen LogP contribution in [0.2, 0.25) is 0 Å². The maximum atomic E-state index is 12.0. The van der Waals surface area contributed by atoms with Gasteiger partial charge in [0.1, 0.15) is 11.9 Å². The molecule has 28 heavy (non-hydrogen) atoms. The third kappa shape index (κ3) is 3.75. The van der Waals surface area contributed by atoms with Crippen LogP contribution in [0, 0.1) is 6.92 Å². The monoisotopic (exact) mass is 377 g/mol. The Bertz CT molecular complexity index is 932. The van der Waals surface area contributed by atoms with Gasteiger partial charge in [-0.2, -0.15) is 5.10 Å². The van der Waals surface area contributed by atoms with E-state index in [0.29, 0.717) is 13.1 Å². The summed E-state index contributed by atoms with van der Waals surface area (Å²) >= 11 is 0. The molecule has 1 N–H and O–H groups in total. The zero-order valence-corrected chi connectivity index (χ0v) is 15.8. The minimum Gasteiger partial charge on any atom is -0.480 e. The van der Waals surface area contributed by atoms with E-state index in [1.807, 2.05) is 66.6 Å². The van der Waals surface area contributed by atoms with Crippen LogP contribution in [0.3, 0.4) is 0 Å². The second-order valence-corrected chi connectivity index (χ2v) is 6.94. The number of pyridine rings is 1. The summed E-state index contributed by atoms with van der Waals surface area (Å²) in [5, 5.41) is 14.1. The Morgan fingerprint density at radius 1 is 1.04 bits per heavy atom. The number of benzene rings is 1. The fraction of sp³-hybridized carbons (Fsp3) is 0.286. The average molecular weight is 377 g/mol. The Morgan fingerprint density at radius 3 is 2.39 bits per heavy atom. The van der Waals surface area contributed by atoms with E-state index in [1.54, 1.807) is 10.9 Å². The summed E-state index contributed by atoms with van der Waals surface area (Å²) in [6.07, 6.45) is 3.58. The Labute approximate surface area is 163 Å². The topological polar surface area (TPSA) is 74.5 Å². The minimum atomic E-state index is -0.825. The van der Waals surface area contributed by atoms with Crippen molar-refractivity contribution < 1.29 is 9.90 Å². The average Bonchev–Trinajstić information content (AvgIpc) is 3.24. The van der Waals surface area contributed by atoms with Crippen molar-refractivity contribution in [2.45, 2.75) is 13.0 Å². The number of hydrogen-bond acceptors (Lipinski definition) is 5. The van der Waals surface area contributed by atoms with Crippen molar-refractivity contribution in [2.24, 2.45) is 0 Å². The van der Waals surface area contributed by atoms with Crippen molar-refractivity contribution in [3.63, 3.8) is 0 Å². The molecule has 144 valence electrons. The van der Waals surface area contributed by atoms with E-state index in [1.165, 1.54) is 0 Å². The van der Waals surface area contributed by atoms with Crippen molar-refractivity contribution in [3.05, 3.63) is 72.2 Å². The lowest BCUT2D eigenvalue weighted by Gasteiger charge is -2.38. The maximum absolute atomic E-state index is 12.0. The van der Waals surface area contributed by atoms with Crippen LogP contribution in [0.25, 0.3) is 5.69 Å². The highest BCUT2D eigenvalue weighted by Crippen LogP contribution is 2.25. The van der Waals surface area contributed by atoms with E-state index in [-0.39, 0.29) is 0 Å². The van der Waals surface area contributed by atoms with Gasteiger partial charge in [-0.15, -0.1) is 0 Å². The second kappa shape index (κ2) is 7.82. The van der Waals surface area contributed by atoms with Gasteiger partial charge in [0.25, 0.3) is 0 Å². The highest BCUT2D eigenvalue weighted by atomic mass is 16.4. The van der Waals surface area contributed by atoms with Crippen molar-refractivity contribution >= 4 is 11.8 Å². The van der Waals surface area contributed by atoms with Gasteiger partial charge in [0, 0.05) is 44.3 Å². The predicted molar refractivity (Wildman–Crippen MR) is 107 cm³/mol. The van der Waals surface area contributed by atoms with E-state index in [0.717, 1.165) is 35.9 Å². The summed E-state index contributed by atoms with van der Waals surface area (Å²) in [4.78, 5) is 20.8. The molecule has 1 aromatic carbocycles. The third-order valence-electron chi connectivity index (χ3n) is 5.09. The van der Waals surface area contributed by atoms with Gasteiger partial charge in [0.2, 0.25) is 0 Å². The lowest BCUT2D eigenvalue weighted by molar-refractivity contribution is -0.143. The van der Waals surface area contributed by atoms with Crippen LogP contribution in [0.15, 0.2) is 60.9 Å². The van der Waals surface area contributed by atoms with Gasteiger partial charge in [0.05, 0.1) is 5.69 Å². The molecular weight excluding hydrogens is 354 g/mol. The van der Waals surface area contributed by atoms with Crippen molar-refractivity contribution in [1.29, 1.82) is 0 Å². The lowest BCUT2D eigenvalue weighted by atomic mass is 10.0. The first kappa shape index (κ1) is 18.2. The first-order valence-electron chi connectivity index (χ1n) is 9.37. The molecule has 0 amide bonds. The number of carbonyl (C=O) groups is 1. The number of rotatable bonds is 5. The number of carboxylic acids is 1. The summed E-state index contributed by atoms with van der Waals surface area (Å²) in [6, 6.07) is 14.8. The zero-order chi connectivity index (χ0) is 19.5. The Kier molecular flexibility index (Phi) is 5.08. The molecule has 1 aliphatic rings. The van der Waals surface area contributed by atoms with Gasteiger partial charge in [0.15, 0.2) is 0 Å². The highest BCUT2D eigenvalue weighted by molar-refractivity contribution is 5.75. The summed E-state index contributed by atoms with van der Waals surface area (Å²) in [7, 11) is 0. The number of carboxylic acid groups (broad SMARTS) is 1. The number of nitrogens with zero attached hydrogens (tertiary/aromatic N) is 5. The van der Waals surface area contributed by atoms with E-state index in [2.05, 4.69) is 15.0 Å². The van der Waals surface area contributed by atoms with Crippen LogP contribution in [-0.2, 0) is 4.79 Å². The lowest BCUT2D eigenvalue weighted by Crippen LogP contribution is -2.49. The smallest absolute Gasteiger partial charge is 0.325 e. The first-order valence-corrected chi connectivity index (χ1v) is 9.37. The fourth-order valence-corrected chi connectivity index (χ4v) is 3.65. The van der Waals surface area contributed by atoms with Crippen molar-refractivity contribution in [1.82, 2.24) is 19.7 Å². The standard InChI is InChI=1S/C21H23N5O2/c1-16-4-2-5-19(23-16)24-12-14-25(15-13-24)20(21(27)28)17-6-8-18(9-7-17)26-11-3-10-22-26/h2-11,20H,12-15H2,1H3,(H,27,28)/t20-/m1/s1. The normalized spacial score (nSPS) is 16.1. The Morgan fingerprint density at radius 2 is 1.79 bits per heavy atom. The summed E-state index contributed by atoms with van der Waals surface area (Å²) in [5.41, 5.74) is 2.68. The van der Waals surface area contributed by atoms with Crippen molar-refractivity contribution in [3.8, 4) is 5.69 Å². The van der Waals surface area contributed by atoms with E-state index in [9.17, 15) is 9.90 Å². The van der Waals surface area contributed by atoms with Gasteiger partial charge in [-0.1, -0.05) is 18.2 Å². The van der Waals surface area contributed by atoms with Crippen LogP contribution in [0.1, 0.15) is 17.3 Å². The minimum absolute atomic E-state index is 0.653. The molecular formula is C21H23N5O2. The van der Waals surface area contributed by atoms with Crippen LogP contribution < -0.4 is 4.90 Å². The predicted octanol–water partition coefficient (Wildman–Crippen LogP) is 2.52. The molecule has 3 aromatic rings. The molecule has 0 radical (unpaired) electrons. The van der Waals surface area contributed by atoms with Gasteiger partial charge in [-0.3, -0.25) is 9.69 Å². The molecule has 0 saturated carbocycles. The molecule has 0 bridgehead atoms. The Hall–Kier alpha value is -3.19. The van der Waals surface area contributed by atoms with Gasteiger partial charge in [-0.25, -0.2) is 9.67 Å². The molecule has 1 aliphatic heterocycles. The number of aryl methyl sites for hydroxylation is 1. The number of piperazine rings is 1. The largest absolute Gasteiger partial charge is 0.480 e. The number of hydrogen-bond donors (Lipinski definition) is 1. The van der Waals surface area contributed by atoms with Crippen LogP contribution in [0.5, 0.6) is 0 Å². The SMILES string of the molecule is Cc1cccc(N2CCN([C@@H](C(=O)O)c3ccc(-n4cccn4)cc3)CC2)n1. The van der Waals surface area contributed by atoms with Crippen LogP contribution in [-0.4, -0.2) is 56.9 Å². The van der Waals surface area contributed by atoms with Gasteiger partial charge < -0.3 is 10.0 Å². The summed E-state index contributed by atoms with van der Waals surface area (Å²) in [5.74, 6) is 0.129. The molecule has 2 aromatic heterocycles. The van der Waals surface area contributed by atoms with E-state index < -0.39 is 12.0 Å². The molecule has 0 unspecified atom stereocenters. The number of aliphatic carboxylic acids is 1. The number of aromatic nitrogens is 3. The molecule has 0 aliphatic carbocycles. The molecule has 7 nitrogen and oxygen atoms in total. The van der Waals surface area contributed by atoms with Gasteiger partial charge in [-0.05, 0) is 42.8 Å². The molecule has 0 spiro atoms. The second-order valence-electron chi connectivity index (χ2n) is 6.94. The maximum Gasteiger partial charge on any atom is 0.325 e. The quantitative estimate of drug-likeness (QED) is 0.737. The highest BCUT2D eigenvalue weighted by Gasteiger charge is 2.30. The summed E-state index contributed by atoms with van der Waals surface area (Å²) < 4.78 is 1.76. The number of anilines is 1. The molecule has 1 saturated heterocycles. The van der Waals surface area contributed by atoms with Crippen LogP contribution in [0.4, 0.5) is 5.82 Å². The van der Waals surface area contributed by atoms with Crippen molar-refractivity contribution in [2.75, 3.05) is 31.1 Å². The molecule has 1 fully saturated rings. The van der Waals surface area contributed by atoms with Gasteiger partial charge >= 0.3 is 5.97 Å². The Balaban J connectivity index is 1.48. The fourth-order valence-electron chi connectivity index (χ4n) is 3.65. The molecule has 3 heterocycles.